The molecule has 4 N–H and O–H groups in total. The van der Waals surface area contributed by atoms with Crippen molar-refractivity contribution in [3.63, 3.8) is 0 Å². The van der Waals surface area contributed by atoms with Crippen LogP contribution in [0.15, 0.2) is 23.1 Å². The summed E-state index contributed by atoms with van der Waals surface area (Å²) < 4.78 is 25.5. The molecule has 0 unspecified atom stereocenters. The number of nitrogens with one attached hydrogen (secondary N) is 2. The molecule has 0 bridgehead atoms. The summed E-state index contributed by atoms with van der Waals surface area (Å²) in [5.41, 5.74) is 6.97. The highest BCUT2D eigenvalue weighted by molar-refractivity contribution is 7.89. The van der Waals surface area contributed by atoms with Gasteiger partial charge < -0.3 is 11.1 Å². The summed E-state index contributed by atoms with van der Waals surface area (Å²) in [5, 5.41) is 3.13. The van der Waals surface area contributed by atoms with Crippen molar-refractivity contribution < 1.29 is 8.42 Å². The van der Waals surface area contributed by atoms with Gasteiger partial charge in [-0.2, -0.15) is 0 Å². The first-order chi connectivity index (χ1) is 7.86. The maximum Gasteiger partial charge on any atom is 0.240 e. The summed E-state index contributed by atoms with van der Waals surface area (Å²) in [6, 6.07) is 4.62. The number of rotatable bonds is 5. The number of benzene rings is 1. The highest BCUT2D eigenvalue weighted by atomic mass is 32.2. The van der Waals surface area contributed by atoms with Gasteiger partial charge in [-0.25, -0.2) is 13.1 Å². The van der Waals surface area contributed by atoms with Gasteiger partial charge in [-0.3, -0.25) is 0 Å². The van der Waals surface area contributed by atoms with Crippen molar-refractivity contribution in [2.45, 2.75) is 18.7 Å². The lowest BCUT2D eigenvalue weighted by atomic mass is 10.2. The molecule has 1 rings (SSSR count). The Morgan fingerprint density at radius 1 is 1.35 bits per heavy atom. The lowest BCUT2D eigenvalue weighted by Gasteiger charge is -2.13. The fraction of sp³-hybridized carbons (Fsp3) is 0.455. The van der Waals surface area contributed by atoms with E-state index in [1.165, 1.54) is 13.1 Å². The predicted molar refractivity (Wildman–Crippen MR) is 70.4 cm³/mol. The Balaban J connectivity index is 3.03. The van der Waals surface area contributed by atoms with Crippen molar-refractivity contribution >= 4 is 21.4 Å². The maximum atomic E-state index is 11.6. The van der Waals surface area contributed by atoms with E-state index in [9.17, 15) is 8.42 Å². The zero-order valence-electron chi connectivity index (χ0n) is 10.3. The van der Waals surface area contributed by atoms with Crippen LogP contribution in [0.25, 0.3) is 0 Å². The number of sulfonamides is 1. The van der Waals surface area contributed by atoms with Crippen LogP contribution < -0.4 is 15.8 Å². The van der Waals surface area contributed by atoms with E-state index in [1.807, 2.05) is 0 Å². The van der Waals surface area contributed by atoms with E-state index in [1.54, 1.807) is 12.1 Å². The molecule has 0 aliphatic rings. The molecule has 0 amide bonds. The molecule has 0 aliphatic heterocycles. The van der Waals surface area contributed by atoms with Crippen LogP contribution in [0.5, 0.6) is 0 Å². The molecule has 96 valence electrons. The van der Waals surface area contributed by atoms with Gasteiger partial charge in [0.25, 0.3) is 0 Å². The first kappa shape index (κ1) is 13.8. The third-order valence-electron chi connectivity index (χ3n) is 2.30. The standard InChI is InChI=1S/C11H19N3O2S/c1-8(2)7-14-11-6-9(4-5-10(11)12)17(15,16)13-3/h4-6,8,13-14H,7,12H2,1-3H3. The van der Waals surface area contributed by atoms with Gasteiger partial charge >= 0.3 is 0 Å². The monoisotopic (exact) mass is 257 g/mol. The smallest absolute Gasteiger partial charge is 0.240 e. The Morgan fingerprint density at radius 2 is 2.00 bits per heavy atom. The molecule has 0 saturated carbocycles. The Kier molecular flexibility index (Phi) is 4.36. The van der Waals surface area contributed by atoms with Gasteiger partial charge in [0.15, 0.2) is 0 Å². The third-order valence-corrected chi connectivity index (χ3v) is 3.72. The third kappa shape index (κ3) is 3.61. The van der Waals surface area contributed by atoms with Gasteiger partial charge in [0.1, 0.15) is 0 Å². The molecule has 0 aromatic heterocycles. The summed E-state index contributed by atoms with van der Waals surface area (Å²) in [7, 11) is -2.04. The van der Waals surface area contributed by atoms with Crippen LogP contribution in [-0.4, -0.2) is 22.0 Å². The summed E-state index contributed by atoms with van der Waals surface area (Å²) in [6.45, 7) is 4.88. The van der Waals surface area contributed by atoms with Gasteiger partial charge in [0.2, 0.25) is 10.0 Å². The molecule has 0 spiro atoms. The second kappa shape index (κ2) is 5.37. The van der Waals surface area contributed by atoms with Crippen molar-refractivity contribution in [3.05, 3.63) is 18.2 Å². The SMILES string of the molecule is CNS(=O)(=O)c1ccc(N)c(NCC(C)C)c1. The molecular weight excluding hydrogens is 238 g/mol. The maximum absolute atomic E-state index is 11.6. The normalized spacial score (nSPS) is 11.8. The average Bonchev–Trinajstić information content (AvgIpc) is 2.27. The zero-order chi connectivity index (χ0) is 13.1. The minimum absolute atomic E-state index is 0.209. The van der Waals surface area contributed by atoms with E-state index in [0.29, 0.717) is 17.3 Å². The van der Waals surface area contributed by atoms with Crippen molar-refractivity contribution in [3.8, 4) is 0 Å². The molecular formula is C11H19N3O2S. The van der Waals surface area contributed by atoms with E-state index in [4.69, 9.17) is 5.73 Å². The van der Waals surface area contributed by atoms with Crippen LogP contribution in [0.1, 0.15) is 13.8 Å². The number of hydrogen-bond donors (Lipinski definition) is 3. The predicted octanol–water partition coefficient (Wildman–Crippen LogP) is 1.24. The lowest BCUT2D eigenvalue weighted by molar-refractivity contribution is 0.588. The molecule has 6 heteroatoms. The molecule has 1 aromatic rings. The van der Waals surface area contributed by atoms with E-state index < -0.39 is 10.0 Å². The lowest BCUT2D eigenvalue weighted by Crippen LogP contribution is -2.19. The molecule has 0 radical (unpaired) electrons. The molecule has 0 heterocycles. The fourth-order valence-corrected chi connectivity index (χ4v) is 2.04. The number of nitrogen functional groups attached to an aromatic ring is 1. The molecule has 5 nitrogen and oxygen atoms in total. The number of anilines is 2. The Morgan fingerprint density at radius 3 is 2.53 bits per heavy atom. The summed E-state index contributed by atoms with van der Waals surface area (Å²) in [5.74, 6) is 0.457. The molecule has 0 fully saturated rings. The first-order valence-corrected chi connectivity index (χ1v) is 6.92. The molecule has 0 saturated heterocycles. The highest BCUT2D eigenvalue weighted by Gasteiger charge is 2.13. The summed E-state index contributed by atoms with van der Waals surface area (Å²) in [6.07, 6.45) is 0. The first-order valence-electron chi connectivity index (χ1n) is 5.43. The van der Waals surface area contributed by atoms with Crippen molar-refractivity contribution in [2.24, 2.45) is 5.92 Å². The summed E-state index contributed by atoms with van der Waals surface area (Å²) in [4.78, 5) is 0.209. The molecule has 0 atom stereocenters. The second-order valence-electron chi connectivity index (χ2n) is 4.23. The summed E-state index contributed by atoms with van der Waals surface area (Å²) >= 11 is 0. The topological polar surface area (TPSA) is 84.2 Å². The minimum Gasteiger partial charge on any atom is -0.397 e. The van der Waals surface area contributed by atoms with Gasteiger partial charge in [-0.15, -0.1) is 0 Å². The Bertz CT molecular complexity index is 483. The van der Waals surface area contributed by atoms with Crippen LogP contribution in [-0.2, 0) is 10.0 Å². The van der Waals surface area contributed by atoms with Crippen molar-refractivity contribution in [1.82, 2.24) is 4.72 Å². The average molecular weight is 257 g/mol. The van der Waals surface area contributed by atoms with E-state index in [0.717, 1.165) is 6.54 Å². The fourth-order valence-electron chi connectivity index (χ4n) is 1.29. The van der Waals surface area contributed by atoms with Gasteiger partial charge in [-0.1, -0.05) is 13.8 Å². The number of hydrogen-bond acceptors (Lipinski definition) is 4. The van der Waals surface area contributed by atoms with Crippen LogP contribution in [0.3, 0.4) is 0 Å². The van der Waals surface area contributed by atoms with Crippen LogP contribution in [0, 0.1) is 5.92 Å². The van der Waals surface area contributed by atoms with Crippen molar-refractivity contribution in [2.75, 3.05) is 24.6 Å². The van der Waals surface area contributed by atoms with Crippen molar-refractivity contribution in [1.29, 1.82) is 0 Å². The van der Waals surface area contributed by atoms with Crippen LogP contribution >= 0.6 is 0 Å². The van der Waals surface area contributed by atoms with Crippen LogP contribution in [0.4, 0.5) is 11.4 Å². The van der Waals surface area contributed by atoms with Gasteiger partial charge in [0.05, 0.1) is 16.3 Å². The Labute approximate surface area is 102 Å². The quantitative estimate of drug-likeness (QED) is 0.693. The minimum atomic E-state index is -3.42. The number of nitrogens with two attached hydrogens (primary N) is 1. The van der Waals surface area contributed by atoms with E-state index >= 15 is 0 Å². The second-order valence-corrected chi connectivity index (χ2v) is 6.12. The van der Waals surface area contributed by atoms with E-state index in [-0.39, 0.29) is 4.90 Å². The zero-order valence-corrected chi connectivity index (χ0v) is 11.1. The largest absolute Gasteiger partial charge is 0.397 e. The Hall–Kier alpha value is -1.27. The molecule has 1 aromatic carbocycles. The molecule has 17 heavy (non-hydrogen) atoms. The highest BCUT2D eigenvalue weighted by Crippen LogP contribution is 2.22. The van der Waals surface area contributed by atoms with Gasteiger partial charge in [-0.05, 0) is 31.2 Å². The van der Waals surface area contributed by atoms with Crippen LogP contribution in [0.2, 0.25) is 0 Å². The van der Waals surface area contributed by atoms with E-state index in [2.05, 4.69) is 23.9 Å². The van der Waals surface area contributed by atoms with Gasteiger partial charge in [0, 0.05) is 6.54 Å². The molecule has 0 aliphatic carbocycles.